The van der Waals surface area contributed by atoms with Crippen LogP contribution in [0.5, 0.6) is 5.75 Å². The summed E-state index contributed by atoms with van der Waals surface area (Å²) < 4.78 is 41.8. The van der Waals surface area contributed by atoms with Crippen molar-refractivity contribution >= 4 is 43.7 Å². The summed E-state index contributed by atoms with van der Waals surface area (Å²) in [7, 11) is -2.17. The molecule has 0 bridgehead atoms. The maximum absolute atomic E-state index is 14.8. The number of likely N-dealkylation sites (tertiary alicyclic amines) is 1. The third-order valence-electron chi connectivity index (χ3n) is 12.5. The van der Waals surface area contributed by atoms with Gasteiger partial charge in [-0.2, -0.15) is 0 Å². The molecule has 0 radical (unpaired) electrons. The van der Waals surface area contributed by atoms with Crippen molar-refractivity contribution in [1.82, 2.24) is 14.2 Å². The van der Waals surface area contributed by atoms with Gasteiger partial charge in [-0.3, -0.25) is 9.59 Å². The Labute approximate surface area is 318 Å². The molecule has 0 spiro atoms. The number of amides is 2. The Bertz CT molecular complexity index is 2280. The SMILES string of the molecule is COc1ccc(-c2c(C3CCCCC3)c3ccc(C(=O)NS(=O)(=O)C(C)C)cc3n2CC2(C(=O)N3CCC(c4cc5ccccc5o4)CC3)CC2C)cc1. The van der Waals surface area contributed by atoms with Crippen LogP contribution in [0.3, 0.4) is 0 Å². The highest BCUT2D eigenvalue weighted by Crippen LogP contribution is 2.57. The van der Waals surface area contributed by atoms with Gasteiger partial charge in [-0.1, -0.05) is 50.5 Å². The van der Waals surface area contributed by atoms with E-state index in [2.05, 4.69) is 45.4 Å². The Morgan fingerprint density at radius 3 is 2.28 bits per heavy atom. The van der Waals surface area contributed by atoms with E-state index in [0.717, 1.165) is 89.6 Å². The van der Waals surface area contributed by atoms with Crippen molar-refractivity contribution in [2.75, 3.05) is 20.2 Å². The van der Waals surface area contributed by atoms with Crippen molar-refractivity contribution in [3.63, 3.8) is 0 Å². The number of carbonyl (C=O) groups excluding carboxylic acids is 2. The largest absolute Gasteiger partial charge is 0.497 e. The number of hydrogen-bond donors (Lipinski definition) is 1. The first kappa shape index (κ1) is 36.4. The second-order valence-corrected chi connectivity index (χ2v) is 18.4. The zero-order valence-electron chi connectivity index (χ0n) is 31.8. The molecule has 1 saturated heterocycles. The van der Waals surface area contributed by atoms with Gasteiger partial charge < -0.3 is 18.6 Å². The molecule has 2 aromatic heterocycles. The van der Waals surface area contributed by atoms with Crippen LogP contribution in [0.4, 0.5) is 0 Å². The number of piperidine rings is 1. The van der Waals surface area contributed by atoms with Crippen LogP contribution in [0, 0.1) is 11.3 Å². The average molecular weight is 750 g/mol. The molecule has 2 atom stereocenters. The number of aromatic nitrogens is 1. The summed E-state index contributed by atoms with van der Waals surface area (Å²) in [5, 5.41) is 1.41. The van der Waals surface area contributed by atoms with Gasteiger partial charge >= 0.3 is 0 Å². The van der Waals surface area contributed by atoms with E-state index in [1.54, 1.807) is 27.0 Å². The standard InChI is InChI=1S/C44H51N3O6S/c1-28(2)54(50,51)45-42(48)34-16-19-36-37(24-34)47(41(32-14-17-35(52-4)18-15-32)40(36)31-10-6-5-7-11-31)27-44(26-29(44)3)43(49)46-22-20-30(21-23-46)39-25-33-12-8-9-13-38(33)53-39/h8-9,12-19,24-25,28-31H,5-7,10-11,20-23,26-27H2,1-4H3,(H,45,48). The lowest BCUT2D eigenvalue weighted by Crippen LogP contribution is -2.44. The summed E-state index contributed by atoms with van der Waals surface area (Å²) in [6.07, 6.45) is 8.13. The lowest BCUT2D eigenvalue weighted by Gasteiger charge is -2.34. The van der Waals surface area contributed by atoms with Gasteiger partial charge in [-0.05, 0) is 117 Å². The highest BCUT2D eigenvalue weighted by atomic mass is 32.2. The molecule has 54 heavy (non-hydrogen) atoms. The molecule has 2 saturated carbocycles. The number of para-hydroxylation sites is 1. The summed E-state index contributed by atoms with van der Waals surface area (Å²) in [5.41, 5.74) is 4.79. The van der Waals surface area contributed by atoms with Gasteiger partial charge in [-0.15, -0.1) is 0 Å². The quantitative estimate of drug-likeness (QED) is 0.153. The number of sulfonamides is 1. The fourth-order valence-electron chi connectivity index (χ4n) is 9.09. The first-order valence-corrected chi connectivity index (χ1v) is 21.2. The summed E-state index contributed by atoms with van der Waals surface area (Å²) in [6.45, 7) is 7.10. The number of nitrogens with one attached hydrogen (secondary N) is 1. The van der Waals surface area contributed by atoms with E-state index in [4.69, 9.17) is 9.15 Å². The number of rotatable bonds is 10. The maximum Gasteiger partial charge on any atom is 0.264 e. The predicted octanol–water partition coefficient (Wildman–Crippen LogP) is 9.01. The molecule has 1 aliphatic heterocycles. The normalized spacial score (nSPS) is 21.2. The first-order valence-electron chi connectivity index (χ1n) is 19.6. The second kappa shape index (κ2) is 14.3. The minimum absolute atomic E-state index is 0.181. The lowest BCUT2D eigenvalue weighted by molar-refractivity contribution is -0.139. The van der Waals surface area contributed by atoms with Crippen molar-refractivity contribution in [1.29, 1.82) is 0 Å². The second-order valence-electron chi connectivity index (χ2n) is 16.2. The lowest BCUT2D eigenvalue weighted by atomic mass is 9.81. The van der Waals surface area contributed by atoms with E-state index in [-0.39, 0.29) is 23.3 Å². The molecule has 8 rings (SSSR count). The molecule has 3 fully saturated rings. The van der Waals surface area contributed by atoms with Gasteiger partial charge in [0, 0.05) is 47.4 Å². The Balaban J connectivity index is 1.18. The molecule has 3 aliphatic rings. The number of methoxy groups -OCH3 is 1. The molecule has 2 amide bonds. The highest BCUT2D eigenvalue weighted by molar-refractivity contribution is 7.90. The molecule has 2 aliphatic carbocycles. The van der Waals surface area contributed by atoms with Crippen LogP contribution in [0.15, 0.2) is 77.2 Å². The Hall–Kier alpha value is -4.57. The number of ether oxygens (including phenoxy) is 1. The van der Waals surface area contributed by atoms with E-state index in [0.29, 0.717) is 25.6 Å². The molecule has 284 valence electrons. The van der Waals surface area contributed by atoms with Crippen LogP contribution in [0.1, 0.15) is 106 Å². The first-order chi connectivity index (χ1) is 26.0. The van der Waals surface area contributed by atoms with E-state index in [1.807, 2.05) is 42.5 Å². The van der Waals surface area contributed by atoms with Crippen LogP contribution in [-0.2, 0) is 21.4 Å². The van der Waals surface area contributed by atoms with Gasteiger partial charge in [0.15, 0.2) is 0 Å². The summed E-state index contributed by atoms with van der Waals surface area (Å²) in [4.78, 5) is 30.4. The van der Waals surface area contributed by atoms with E-state index >= 15 is 0 Å². The van der Waals surface area contributed by atoms with Gasteiger partial charge in [0.2, 0.25) is 15.9 Å². The van der Waals surface area contributed by atoms with E-state index in [9.17, 15) is 18.0 Å². The van der Waals surface area contributed by atoms with Gasteiger partial charge in [0.1, 0.15) is 17.1 Å². The Morgan fingerprint density at radius 2 is 1.63 bits per heavy atom. The summed E-state index contributed by atoms with van der Waals surface area (Å²) in [6, 6.07) is 24.0. The number of furan rings is 1. The zero-order valence-corrected chi connectivity index (χ0v) is 32.6. The van der Waals surface area contributed by atoms with Crippen molar-refractivity contribution in [3.05, 3.63) is 89.7 Å². The van der Waals surface area contributed by atoms with Crippen LogP contribution in [0.2, 0.25) is 0 Å². The third kappa shape index (κ3) is 6.60. The molecular formula is C44H51N3O6S. The fraction of sp³-hybridized carbons (Fsp3) is 0.455. The van der Waals surface area contributed by atoms with E-state index in [1.165, 1.54) is 12.0 Å². The molecule has 1 N–H and O–H groups in total. The molecular weight excluding hydrogens is 699 g/mol. The van der Waals surface area contributed by atoms with Gasteiger partial charge in [0.25, 0.3) is 5.91 Å². The highest BCUT2D eigenvalue weighted by Gasteiger charge is 2.59. The van der Waals surface area contributed by atoms with Crippen LogP contribution >= 0.6 is 0 Å². The van der Waals surface area contributed by atoms with E-state index < -0.39 is 26.6 Å². The van der Waals surface area contributed by atoms with Crippen LogP contribution in [-0.4, -0.2) is 55.1 Å². The summed E-state index contributed by atoms with van der Waals surface area (Å²) >= 11 is 0. The molecule has 5 aromatic rings. The average Bonchev–Trinajstić information content (AvgIpc) is 3.49. The predicted molar refractivity (Wildman–Crippen MR) is 212 cm³/mol. The van der Waals surface area contributed by atoms with Crippen molar-refractivity contribution in [2.24, 2.45) is 11.3 Å². The molecule has 2 unspecified atom stereocenters. The molecule has 3 aromatic carbocycles. The zero-order chi connectivity index (χ0) is 37.8. The Morgan fingerprint density at radius 1 is 0.926 bits per heavy atom. The van der Waals surface area contributed by atoms with Crippen LogP contribution < -0.4 is 9.46 Å². The smallest absolute Gasteiger partial charge is 0.264 e. The van der Waals surface area contributed by atoms with Crippen molar-refractivity contribution < 1.29 is 27.2 Å². The Kier molecular flexibility index (Phi) is 9.61. The minimum Gasteiger partial charge on any atom is -0.497 e. The summed E-state index contributed by atoms with van der Waals surface area (Å²) in [5.74, 6) is 2.07. The van der Waals surface area contributed by atoms with Crippen LogP contribution in [0.25, 0.3) is 33.1 Å². The van der Waals surface area contributed by atoms with Gasteiger partial charge in [-0.25, -0.2) is 13.1 Å². The third-order valence-corrected chi connectivity index (χ3v) is 14.3. The number of benzene rings is 3. The number of carbonyl (C=O) groups is 2. The number of hydrogen-bond acceptors (Lipinski definition) is 6. The molecule has 10 heteroatoms. The molecule has 9 nitrogen and oxygen atoms in total. The van der Waals surface area contributed by atoms with Crippen molar-refractivity contribution in [3.8, 4) is 17.0 Å². The monoisotopic (exact) mass is 749 g/mol. The van der Waals surface area contributed by atoms with Crippen molar-refractivity contribution in [2.45, 2.75) is 95.8 Å². The maximum atomic E-state index is 14.8. The fourth-order valence-corrected chi connectivity index (χ4v) is 9.71. The number of nitrogens with zero attached hydrogens (tertiary/aromatic N) is 2. The molecule has 3 heterocycles. The number of fused-ring (bicyclic) bond motifs is 2. The van der Waals surface area contributed by atoms with Gasteiger partial charge in [0.05, 0.1) is 23.5 Å². The minimum atomic E-state index is -3.83. The topological polar surface area (TPSA) is 111 Å².